The van der Waals surface area contributed by atoms with Crippen LogP contribution in [0.25, 0.3) is 0 Å². The van der Waals surface area contributed by atoms with E-state index in [0.717, 1.165) is 49.6 Å². The average molecular weight is 480 g/mol. The number of rotatable bonds is 7. The molecule has 0 atom stereocenters. The van der Waals surface area contributed by atoms with Crippen LogP contribution >= 0.6 is 0 Å². The first kappa shape index (κ1) is 27.4. The average Bonchev–Trinajstić information content (AvgIpc) is 2.91. The van der Waals surface area contributed by atoms with Crippen molar-refractivity contribution >= 4 is 23.4 Å². The molecule has 0 radical (unpaired) electrons. The Kier molecular flexibility index (Phi) is 11.1. The standard InChI is InChI=1S/C23H30F3N5O.C2H6/c1-17-10-6-7-11-19(17)29-22-28-16-18(23(24,25)26)21(30-22)27-13-9-15-31-14-8-4-2-3-5-12-20(31)32;1-2/h6-7,10-11,16H,2-5,8-9,12-15H2,1H3,(H2,27,28,29,30);1-2H3. The van der Waals surface area contributed by atoms with E-state index in [1.165, 1.54) is 0 Å². The Labute approximate surface area is 200 Å². The van der Waals surface area contributed by atoms with Crippen LogP contribution in [-0.4, -0.2) is 40.4 Å². The number of aromatic nitrogens is 2. The predicted octanol–water partition coefficient (Wildman–Crippen LogP) is 6.56. The highest BCUT2D eigenvalue weighted by Crippen LogP contribution is 2.34. The summed E-state index contributed by atoms with van der Waals surface area (Å²) >= 11 is 0. The predicted molar refractivity (Wildman–Crippen MR) is 130 cm³/mol. The molecule has 0 aliphatic carbocycles. The first-order valence-corrected chi connectivity index (χ1v) is 12.1. The molecule has 0 spiro atoms. The van der Waals surface area contributed by atoms with E-state index in [2.05, 4.69) is 20.6 Å². The molecule has 1 aliphatic heterocycles. The molecule has 0 unspecified atom stereocenters. The smallest absolute Gasteiger partial charge is 0.369 e. The van der Waals surface area contributed by atoms with Gasteiger partial charge in [-0.05, 0) is 37.8 Å². The van der Waals surface area contributed by atoms with Gasteiger partial charge in [-0.2, -0.15) is 18.2 Å². The van der Waals surface area contributed by atoms with Gasteiger partial charge in [-0.1, -0.05) is 51.3 Å². The van der Waals surface area contributed by atoms with Gasteiger partial charge in [0.2, 0.25) is 11.9 Å². The van der Waals surface area contributed by atoms with Crippen molar-refractivity contribution < 1.29 is 18.0 Å². The maximum Gasteiger partial charge on any atom is 0.421 e. The van der Waals surface area contributed by atoms with Crippen molar-refractivity contribution in [3.8, 4) is 0 Å². The van der Waals surface area contributed by atoms with Gasteiger partial charge in [0, 0.05) is 37.9 Å². The Balaban J connectivity index is 0.00000199. The number of nitrogens with zero attached hydrogens (tertiary/aromatic N) is 3. The molecule has 0 bridgehead atoms. The summed E-state index contributed by atoms with van der Waals surface area (Å²) in [5, 5.41) is 5.78. The van der Waals surface area contributed by atoms with E-state index in [1.54, 1.807) is 0 Å². The fourth-order valence-electron chi connectivity index (χ4n) is 3.72. The molecule has 2 aromatic rings. The number of nitrogens with one attached hydrogen (secondary N) is 2. The van der Waals surface area contributed by atoms with E-state index in [4.69, 9.17) is 0 Å². The fourth-order valence-corrected chi connectivity index (χ4v) is 3.72. The third kappa shape index (κ3) is 8.50. The number of aryl methyl sites for hydroxylation is 1. The molecule has 188 valence electrons. The number of hydrogen-bond acceptors (Lipinski definition) is 5. The van der Waals surface area contributed by atoms with E-state index < -0.39 is 11.7 Å². The molecule has 1 fully saturated rings. The number of carbonyl (C=O) groups is 1. The third-order valence-corrected chi connectivity index (χ3v) is 5.55. The molecule has 1 amide bonds. The van der Waals surface area contributed by atoms with Gasteiger partial charge in [0.1, 0.15) is 11.4 Å². The molecule has 9 heteroatoms. The van der Waals surface area contributed by atoms with Gasteiger partial charge in [0.05, 0.1) is 0 Å². The first-order chi connectivity index (χ1) is 16.3. The van der Waals surface area contributed by atoms with Crippen LogP contribution in [0.15, 0.2) is 30.5 Å². The lowest BCUT2D eigenvalue weighted by atomic mass is 10.1. The van der Waals surface area contributed by atoms with Gasteiger partial charge in [0.15, 0.2) is 0 Å². The molecule has 1 aliphatic rings. The minimum Gasteiger partial charge on any atom is -0.369 e. The van der Waals surface area contributed by atoms with E-state index in [-0.39, 0.29) is 24.2 Å². The molecule has 34 heavy (non-hydrogen) atoms. The number of amides is 1. The van der Waals surface area contributed by atoms with Crippen LogP contribution in [-0.2, 0) is 11.0 Å². The second-order valence-electron chi connectivity index (χ2n) is 8.07. The molecule has 2 heterocycles. The quantitative estimate of drug-likeness (QED) is 0.440. The third-order valence-electron chi connectivity index (χ3n) is 5.55. The number of halogens is 3. The van der Waals surface area contributed by atoms with Crippen LogP contribution in [0.3, 0.4) is 0 Å². The maximum atomic E-state index is 13.5. The van der Waals surface area contributed by atoms with E-state index in [1.807, 2.05) is 49.9 Å². The Hall–Kier alpha value is -2.84. The zero-order valence-electron chi connectivity index (χ0n) is 20.3. The second-order valence-corrected chi connectivity index (χ2v) is 8.07. The van der Waals surface area contributed by atoms with Gasteiger partial charge in [-0.25, -0.2) is 4.98 Å². The van der Waals surface area contributed by atoms with Gasteiger partial charge in [-0.15, -0.1) is 0 Å². The van der Waals surface area contributed by atoms with Crippen molar-refractivity contribution in [2.75, 3.05) is 30.3 Å². The largest absolute Gasteiger partial charge is 0.421 e. The number of carbonyl (C=O) groups excluding carboxylic acids is 1. The molecule has 6 nitrogen and oxygen atoms in total. The summed E-state index contributed by atoms with van der Waals surface area (Å²) in [6, 6.07) is 7.40. The van der Waals surface area contributed by atoms with Crippen molar-refractivity contribution in [3.63, 3.8) is 0 Å². The summed E-state index contributed by atoms with van der Waals surface area (Å²) in [7, 11) is 0. The number of para-hydroxylation sites is 1. The summed E-state index contributed by atoms with van der Waals surface area (Å²) in [4.78, 5) is 22.1. The molecule has 1 aromatic heterocycles. The van der Waals surface area contributed by atoms with Crippen molar-refractivity contribution in [1.29, 1.82) is 0 Å². The minimum absolute atomic E-state index is 0.0880. The zero-order chi connectivity index (χ0) is 25.0. The van der Waals surface area contributed by atoms with E-state index >= 15 is 0 Å². The Morgan fingerprint density at radius 2 is 1.76 bits per heavy atom. The number of alkyl halides is 3. The van der Waals surface area contributed by atoms with Gasteiger partial charge in [0.25, 0.3) is 0 Å². The van der Waals surface area contributed by atoms with Crippen LogP contribution in [0.2, 0.25) is 0 Å². The number of hydrogen-bond donors (Lipinski definition) is 2. The number of benzene rings is 1. The summed E-state index contributed by atoms with van der Waals surface area (Å²) in [6.07, 6.45) is 2.51. The van der Waals surface area contributed by atoms with E-state index in [9.17, 15) is 18.0 Å². The molecule has 0 saturated carbocycles. The normalized spacial score (nSPS) is 14.9. The van der Waals surface area contributed by atoms with Crippen molar-refractivity contribution in [2.24, 2.45) is 0 Å². The van der Waals surface area contributed by atoms with E-state index in [0.29, 0.717) is 25.9 Å². The Morgan fingerprint density at radius 3 is 2.50 bits per heavy atom. The SMILES string of the molecule is CC.Cc1ccccc1Nc1ncc(C(F)(F)F)c(NCCCN2CCCCCCCC2=O)n1. The highest BCUT2D eigenvalue weighted by Gasteiger charge is 2.35. The van der Waals surface area contributed by atoms with Crippen molar-refractivity contribution in [2.45, 2.75) is 71.9 Å². The highest BCUT2D eigenvalue weighted by atomic mass is 19.4. The highest BCUT2D eigenvalue weighted by molar-refractivity contribution is 5.76. The maximum absolute atomic E-state index is 13.5. The van der Waals surface area contributed by atoms with Crippen LogP contribution in [0, 0.1) is 6.92 Å². The molecule has 2 N–H and O–H groups in total. The summed E-state index contributed by atoms with van der Waals surface area (Å²) in [5.74, 6) is -0.0426. The monoisotopic (exact) mass is 479 g/mol. The molecular formula is C25H36F3N5O. The summed E-state index contributed by atoms with van der Waals surface area (Å²) < 4.78 is 40.4. The second kappa shape index (κ2) is 13.8. The topological polar surface area (TPSA) is 70.2 Å². The molecular weight excluding hydrogens is 443 g/mol. The minimum atomic E-state index is -4.57. The van der Waals surface area contributed by atoms with Crippen LogP contribution in [0.1, 0.15) is 69.9 Å². The Bertz CT molecular complexity index is 904. The molecule has 1 saturated heterocycles. The lowest BCUT2D eigenvalue weighted by Crippen LogP contribution is -2.33. The lowest BCUT2D eigenvalue weighted by Gasteiger charge is -2.22. The first-order valence-electron chi connectivity index (χ1n) is 12.1. The summed E-state index contributed by atoms with van der Waals surface area (Å²) in [5.41, 5.74) is 0.746. The summed E-state index contributed by atoms with van der Waals surface area (Å²) in [6.45, 7) is 7.39. The molecule has 3 rings (SSSR count). The zero-order valence-corrected chi connectivity index (χ0v) is 20.3. The van der Waals surface area contributed by atoms with Gasteiger partial charge in [-0.3, -0.25) is 4.79 Å². The number of anilines is 3. The van der Waals surface area contributed by atoms with Crippen LogP contribution in [0.5, 0.6) is 0 Å². The van der Waals surface area contributed by atoms with Crippen LogP contribution in [0.4, 0.5) is 30.6 Å². The van der Waals surface area contributed by atoms with Crippen molar-refractivity contribution in [1.82, 2.24) is 14.9 Å². The molecule has 1 aromatic carbocycles. The Morgan fingerprint density at radius 1 is 1.06 bits per heavy atom. The van der Waals surface area contributed by atoms with Gasteiger partial charge < -0.3 is 15.5 Å². The van der Waals surface area contributed by atoms with Crippen LogP contribution < -0.4 is 10.6 Å². The van der Waals surface area contributed by atoms with Gasteiger partial charge >= 0.3 is 6.18 Å². The lowest BCUT2D eigenvalue weighted by molar-refractivity contribution is -0.137. The van der Waals surface area contributed by atoms with Crippen molar-refractivity contribution in [3.05, 3.63) is 41.6 Å². The fraction of sp³-hybridized carbons (Fsp3) is 0.560.